The van der Waals surface area contributed by atoms with Crippen LogP contribution < -0.4 is 9.64 Å². The highest BCUT2D eigenvalue weighted by Gasteiger charge is 2.63. The number of hydrogen-bond acceptors (Lipinski definition) is 7. The number of aromatic carboxylic acids is 1. The highest BCUT2D eigenvalue weighted by Crippen LogP contribution is 2.59. The molecule has 2 aromatic carbocycles. The molecule has 2 saturated carbocycles. The van der Waals surface area contributed by atoms with Crippen molar-refractivity contribution in [2.45, 2.75) is 69.2 Å². The molecular formula is C32H28F3N3O5. The number of ether oxygens (including phenoxy) is 2. The third-order valence-electron chi connectivity index (χ3n) is 9.46. The van der Waals surface area contributed by atoms with Crippen molar-refractivity contribution in [3.63, 3.8) is 0 Å². The number of carboxylic acid groups (broad SMARTS) is 1. The Labute approximate surface area is 244 Å². The van der Waals surface area contributed by atoms with E-state index in [1.165, 1.54) is 12.1 Å². The van der Waals surface area contributed by atoms with Crippen LogP contribution in [0.25, 0.3) is 22.2 Å². The number of nitrogens with zero attached hydrogens (tertiary/aromatic N) is 3. The number of anilines is 1. The zero-order valence-electron chi connectivity index (χ0n) is 23.0. The van der Waals surface area contributed by atoms with Crippen molar-refractivity contribution in [2.24, 2.45) is 11.8 Å². The molecule has 2 aliphatic carbocycles. The van der Waals surface area contributed by atoms with Gasteiger partial charge < -0.3 is 24.0 Å². The maximum Gasteiger partial charge on any atom is 0.573 e. The molecule has 11 heteroatoms. The Hall–Kier alpha value is -4.12. The second-order valence-corrected chi connectivity index (χ2v) is 12.0. The first kappa shape index (κ1) is 26.5. The summed E-state index contributed by atoms with van der Waals surface area (Å²) in [5.41, 5.74) is 2.14. The summed E-state index contributed by atoms with van der Waals surface area (Å²) < 4.78 is 56.0. The average molecular weight is 592 g/mol. The third-order valence-corrected chi connectivity index (χ3v) is 9.46. The number of hydrogen-bond donors (Lipinski definition) is 1. The Balaban J connectivity index is 1.04. The second kappa shape index (κ2) is 9.70. The molecule has 4 aromatic rings. The van der Waals surface area contributed by atoms with Gasteiger partial charge in [-0.1, -0.05) is 23.4 Å². The maximum absolute atomic E-state index is 13.1. The Morgan fingerprint density at radius 1 is 1.05 bits per heavy atom. The minimum atomic E-state index is -4.83. The van der Waals surface area contributed by atoms with Gasteiger partial charge in [-0.3, -0.25) is 0 Å². The molecule has 222 valence electrons. The average Bonchev–Trinajstić information content (AvgIpc) is 3.87. The SMILES string of the molecule is O=C(O)c1cccc2nc(N3C4CCC3C3C(C4)C3OCc3c(-c4ccccc4OC(F)(F)F)noc3C3CC3)ccc12. The van der Waals surface area contributed by atoms with Crippen LogP contribution in [-0.4, -0.2) is 45.8 Å². The number of piperidine rings is 1. The van der Waals surface area contributed by atoms with Crippen molar-refractivity contribution in [1.82, 2.24) is 10.1 Å². The number of rotatable bonds is 8. The molecule has 2 aliphatic heterocycles. The second-order valence-electron chi connectivity index (χ2n) is 12.0. The van der Waals surface area contributed by atoms with Gasteiger partial charge in [0, 0.05) is 40.4 Å². The van der Waals surface area contributed by atoms with Crippen LogP contribution in [0.15, 0.2) is 59.1 Å². The number of pyridine rings is 1. The van der Waals surface area contributed by atoms with Crippen LogP contribution in [0.2, 0.25) is 0 Å². The van der Waals surface area contributed by atoms with Crippen molar-refractivity contribution in [3.05, 3.63) is 71.5 Å². The van der Waals surface area contributed by atoms with Gasteiger partial charge >= 0.3 is 12.3 Å². The largest absolute Gasteiger partial charge is 0.573 e. The van der Waals surface area contributed by atoms with E-state index in [9.17, 15) is 23.1 Å². The first-order valence-corrected chi connectivity index (χ1v) is 14.6. The summed E-state index contributed by atoms with van der Waals surface area (Å²) in [7, 11) is 0. The van der Waals surface area contributed by atoms with Gasteiger partial charge in [-0.2, -0.15) is 0 Å². The summed E-state index contributed by atoms with van der Waals surface area (Å²) in [6.45, 7) is 0.201. The molecule has 2 saturated heterocycles. The first-order chi connectivity index (χ1) is 20.8. The standard InChI is InChI=1S/C32H28F3N3O5/c33-32(34,35)42-25-7-2-1-4-20(25)28-22(29(43-37-28)16-8-9-16)15-41-30-21-14-17-10-12-24(27(21)30)38(17)26-13-11-18-19(31(39)40)5-3-6-23(18)36-26/h1-7,11,13,16-17,21,24,27,30H,8-10,12,14-15H2,(H,39,40). The molecule has 43 heavy (non-hydrogen) atoms. The lowest BCUT2D eigenvalue weighted by Gasteiger charge is -2.35. The zero-order chi connectivity index (χ0) is 29.5. The van der Waals surface area contributed by atoms with Crippen LogP contribution in [0, 0.1) is 11.8 Å². The summed E-state index contributed by atoms with van der Waals surface area (Å²) in [4.78, 5) is 18.9. The molecular weight excluding hydrogens is 563 g/mol. The van der Waals surface area contributed by atoms with E-state index in [1.54, 1.807) is 24.3 Å². The topological polar surface area (TPSA) is 97.9 Å². The lowest BCUT2D eigenvalue weighted by atomic mass is 10.0. The number of fused-ring (bicyclic) bond motifs is 5. The van der Waals surface area contributed by atoms with Gasteiger partial charge in [0.25, 0.3) is 0 Å². The third kappa shape index (κ3) is 4.61. The zero-order valence-corrected chi connectivity index (χ0v) is 23.0. The van der Waals surface area contributed by atoms with Crippen LogP contribution >= 0.6 is 0 Å². The van der Waals surface area contributed by atoms with E-state index in [0.717, 1.165) is 37.9 Å². The first-order valence-electron chi connectivity index (χ1n) is 14.6. The van der Waals surface area contributed by atoms with E-state index in [2.05, 4.69) is 14.8 Å². The Bertz CT molecular complexity index is 1730. The molecule has 0 amide bonds. The maximum atomic E-state index is 13.1. The van der Waals surface area contributed by atoms with E-state index in [1.807, 2.05) is 18.2 Å². The van der Waals surface area contributed by atoms with E-state index in [4.69, 9.17) is 14.2 Å². The summed E-state index contributed by atoms with van der Waals surface area (Å²) >= 11 is 0. The van der Waals surface area contributed by atoms with Crippen LogP contribution in [0.3, 0.4) is 0 Å². The number of halogens is 3. The fourth-order valence-electron chi connectivity index (χ4n) is 7.46. The van der Waals surface area contributed by atoms with Gasteiger partial charge in [-0.15, -0.1) is 13.2 Å². The van der Waals surface area contributed by atoms with Gasteiger partial charge in [0.15, 0.2) is 0 Å². The number of benzene rings is 2. The van der Waals surface area contributed by atoms with E-state index in [-0.39, 0.29) is 41.5 Å². The van der Waals surface area contributed by atoms with Crippen molar-refractivity contribution >= 4 is 22.7 Å². The monoisotopic (exact) mass is 591 g/mol. The number of carbonyl (C=O) groups is 1. The molecule has 4 heterocycles. The van der Waals surface area contributed by atoms with Gasteiger partial charge in [-0.25, -0.2) is 9.78 Å². The summed E-state index contributed by atoms with van der Waals surface area (Å²) in [5, 5.41) is 14.4. The van der Waals surface area contributed by atoms with Crippen molar-refractivity contribution in [3.8, 4) is 17.0 Å². The molecule has 4 aliphatic rings. The fraction of sp³-hybridized carbons (Fsp3) is 0.406. The molecule has 5 unspecified atom stereocenters. The van der Waals surface area contributed by atoms with Crippen molar-refractivity contribution in [1.29, 1.82) is 0 Å². The van der Waals surface area contributed by atoms with Gasteiger partial charge in [0.2, 0.25) is 0 Å². The van der Waals surface area contributed by atoms with Crippen molar-refractivity contribution in [2.75, 3.05) is 4.90 Å². The Kier molecular flexibility index (Phi) is 5.98. The predicted molar refractivity (Wildman–Crippen MR) is 149 cm³/mol. The molecule has 1 N–H and O–H groups in total. The number of alkyl halides is 3. The molecule has 4 fully saturated rings. The molecule has 8 rings (SSSR count). The number of para-hydroxylation sites is 1. The van der Waals surface area contributed by atoms with Crippen molar-refractivity contribution < 1.29 is 37.1 Å². The Morgan fingerprint density at radius 2 is 1.88 bits per heavy atom. The molecule has 5 atom stereocenters. The van der Waals surface area contributed by atoms with Gasteiger partial charge in [0.1, 0.15) is 23.0 Å². The van der Waals surface area contributed by atoms with Crippen LogP contribution in [0.5, 0.6) is 5.75 Å². The smallest absolute Gasteiger partial charge is 0.478 e. The predicted octanol–water partition coefficient (Wildman–Crippen LogP) is 6.94. The highest BCUT2D eigenvalue weighted by molar-refractivity contribution is 6.02. The molecule has 0 radical (unpaired) electrons. The van der Waals surface area contributed by atoms with Gasteiger partial charge in [0.05, 0.1) is 23.8 Å². The fourth-order valence-corrected chi connectivity index (χ4v) is 7.46. The van der Waals surface area contributed by atoms with Gasteiger partial charge in [-0.05, 0) is 74.4 Å². The minimum absolute atomic E-state index is 0.0216. The summed E-state index contributed by atoms with van der Waals surface area (Å²) in [6.07, 6.45) is 0.141. The molecule has 2 aromatic heterocycles. The summed E-state index contributed by atoms with van der Waals surface area (Å²) in [6, 6.07) is 15.5. The Morgan fingerprint density at radius 3 is 2.67 bits per heavy atom. The molecule has 8 nitrogen and oxygen atoms in total. The number of carboxylic acids is 1. The lowest BCUT2D eigenvalue weighted by Crippen LogP contribution is -2.42. The highest BCUT2D eigenvalue weighted by atomic mass is 19.4. The number of aromatic nitrogens is 2. The quantitative estimate of drug-likeness (QED) is 0.236. The van der Waals surface area contributed by atoms with E-state index < -0.39 is 12.3 Å². The van der Waals surface area contributed by atoms with Crippen LogP contribution in [-0.2, 0) is 11.3 Å². The lowest BCUT2D eigenvalue weighted by molar-refractivity contribution is -0.274. The molecule has 2 bridgehead atoms. The van der Waals surface area contributed by atoms with Crippen LogP contribution in [0.1, 0.15) is 59.7 Å². The van der Waals surface area contributed by atoms with E-state index in [0.29, 0.717) is 45.8 Å². The normalized spacial score (nSPS) is 26.0. The molecule has 0 spiro atoms. The minimum Gasteiger partial charge on any atom is -0.478 e. The van der Waals surface area contributed by atoms with E-state index >= 15 is 0 Å². The summed E-state index contributed by atoms with van der Waals surface area (Å²) in [5.74, 6) is 1.16. The van der Waals surface area contributed by atoms with Crippen LogP contribution in [0.4, 0.5) is 19.0 Å².